The third-order valence-corrected chi connectivity index (χ3v) is 8.09. The largest absolute Gasteiger partial charge is 0.0825 e. The molecule has 0 saturated heterocycles. The molecule has 1 aliphatic heterocycles. The molecule has 2 unspecified atom stereocenters. The molecule has 3 rings (SSSR count). The molecule has 2 aromatic rings. The van der Waals surface area contributed by atoms with Crippen molar-refractivity contribution in [1.82, 2.24) is 0 Å². The Morgan fingerprint density at radius 2 is 1.14 bits per heavy atom. The van der Waals surface area contributed by atoms with Crippen LogP contribution in [0.1, 0.15) is 49.9 Å². The highest BCUT2D eigenvalue weighted by molar-refractivity contribution is 7.88. The van der Waals surface area contributed by atoms with E-state index in [2.05, 4.69) is 65.8 Å². The van der Waals surface area contributed by atoms with Crippen LogP contribution in [0.3, 0.4) is 0 Å². The first-order valence-electron chi connectivity index (χ1n) is 7.87. The number of rotatable bonds is 2. The molecule has 1 heterocycles. The predicted octanol–water partition coefficient (Wildman–Crippen LogP) is 6.35. The molecule has 0 amide bonds. The van der Waals surface area contributed by atoms with Gasteiger partial charge >= 0.3 is 0 Å². The second-order valence-corrected chi connectivity index (χ2v) is 10.1. The van der Waals surface area contributed by atoms with Crippen LogP contribution in [-0.2, 0) is 0 Å². The van der Waals surface area contributed by atoms with Gasteiger partial charge in [-0.2, -0.15) is 0 Å². The first kappa shape index (κ1) is 15.9. The fourth-order valence-corrected chi connectivity index (χ4v) is 7.55. The van der Waals surface area contributed by atoms with Gasteiger partial charge in [-0.3, -0.25) is 0 Å². The normalized spacial score (nSPS) is 19.0. The molecular weight excluding hydrogens is 302 g/mol. The fraction of sp³-hybridized carbons (Fsp3) is 0.350. The van der Waals surface area contributed by atoms with Crippen LogP contribution in [0.25, 0.3) is 0 Å². The Morgan fingerprint density at radius 3 is 1.59 bits per heavy atom. The summed E-state index contributed by atoms with van der Waals surface area (Å²) in [6.45, 7) is 13.5. The minimum absolute atomic E-state index is 0.718. The highest BCUT2D eigenvalue weighted by Crippen LogP contribution is 2.59. The molecule has 2 atom stereocenters. The molecule has 0 radical (unpaired) electrons. The minimum Gasteiger partial charge on any atom is -0.0825 e. The van der Waals surface area contributed by atoms with Crippen molar-refractivity contribution < 1.29 is 0 Å². The zero-order valence-electron chi connectivity index (χ0n) is 14.3. The second-order valence-electron chi connectivity index (χ2n) is 6.61. The van der Waals surface area contributed by atoms with Crippen LogP contribution in [0.2, 0.25) is 0 Å². The summed E-state index contributed by atoms with van der Waals surface area (Å²) in [7, 11) is 2.46. The summed E-state index contributed by atoms with van der Waals surface area (Å²) >= 11 is 0. The molecule has 0 saturated carbocycles. The third kappa shape index (κ3) is 2.80. The van der Waals surface area contributed by atoms with Gasteiger partial charge in [-0.15, -0.1) is 0 Å². The van der Waals surface area contributed by atoms with Crippen LogP contribution in [0.5, 0.6) is 0 Å². The molecule has 0 aromatic heterocycles. The van der Waals surface area contributed by atoms with Crippen molar-refractivity contribution >= 4 is 21.8 Å². The summed E-state index contributed by atoms with van der Waals surface area (Å²) in [6.07, 6.45) is 0. The van der Waals surface area contributed by atoms with Gasteiger partial charge in [0.15, 0.2) is 0 Å². The summed E-state index contributed by atoms with van der Waals surface area (Å²) in [5.41, 5.74) is 11.7. The maximum atomic E-state index is 2.34. The van der Waals surface area contributed by atoms with E-state index in [1.807, 2.05) is 0 Å². The summed E-state index contributed by atoms with van der Waals surface area (Å²) in [5.74, 6) is 0. The van der Waals surface area contributed by atoms with Gasteiger partial charge in [0.2, 0.25) is 0 Å². The lowest BCUT2D eigenvalue weighted by atomic mass is 10.0. The Bertz CT molecular complexity index is 738. The van der Waals surface area contributed by atoms with E-state index in [0.717, 1.165) is 14.0 Å². The van der Waals surface area contributed by atoms with Crippen molar-refractivity contribution in [2.75, 3.05) is 0 Å². The number of hydrogen-bond donors (Lipinski definition) is 0. The van der Waals surface area contributed by atoms with E-state index in [4.69, 9.17) is 0 Å². The van der Waals surface area contributed by atoms with Crippen molar-refractivity contribution in [2.24, 2.45) is 0 Å². The van der Waals surface area contributed by atoms with Crippen molar-refractivity contribution in [3.05, 3.63) is 68.8 Å². The van der Waals surface area contributed by atoms with Gasteiger partial charge < -0.3 is 0 Å². The SMILES string of the molecule is Cc1cc(C)c(C2=PC(c3c(C)cc(C)cc3C)P2)c(C)c1. The molecule has 2 heteroatoms. The molecule has 0 bridgehead atoms. The van der Waals surface area contributed by atoms with Gasteiger partial charge in [-0.05, 0) is 74.9 Å². The van der Waals surface area contributed by atoms with Gasteiger partial charge in [-0.25, -0.2) is 0 Å². The molecule has 0 aliphatic carbocycles. The second kappa shape index (κ2) is 5.92. The molecule has 0 fully saturated rings. The topological polar surface area (TPSA) is 0 Å². The van der Waals surface area contributed by atoms with Crippen molar-refractivity contribution in [1.29, 1.82) is 0 Å². The van der Waals surface area contributed by atoms with Crippen LogP contribution < -0.4 is 0 Å². The van der Waals surface area contributed by atoms with Crippen LogP contribution in [0.15, 0.2) is 24.3 Å². The summed E-state index contributed by atoms with van der Waals surface area (Å²) in [5, 5.41) is 2.37. The Kier molecular flexibility index (Phi) is 4.28. The predicted molar refractivity (Wildman–Crippen MR) is 103 cm³/mol. The molecule has 114 valence electrons. The van der Waals surface area contributed by atoms with Crippen LogP contribution in [0, 0.1) is 41.5 Å². The number of benzene rings is 2. The molecule has 0 N–H and O–H groups in total. The van der Waals surface area contributed by atoms with E-state index in [1.165, 1.54) is 47.1 Å². The highest BCUT2D eigenvalue weighted by Gasteiger charge is 2.27. The van der Waals surface area contributed by atoms with E-state index in [1.54, 1.807) is 10.6 Å². The molecule has 2 aromatic carbocycles. The van der Waals surface area contributed by atoms with Gasteiger partial charge in [-0.1, -0.05) is 52.2 Å². The Morgan fingerprint density at radius 1 is 0.727 bits per heavy atom. The van der Waals surface area contributed by atoms with Crippen LogP contribution in [-0.4, -0.2) is 5.03 Å². The smallest absolute Gasteiger partial charge is 0.0486 e. The summed E-state index contributed by atoms with van der Waals surface area (Å²) < 4.78 is 0. The summed E-state index contributed by atoms with van der Waals surface area (Å²) in [6, 6.07) is 9.32. The summed E-state index contributed by atoms with van der Waals surface area (Å²) in [4.78, 5) is 0. The Labute approximate surface area is 137 Å². The lowest BCUT2D eigenvalue weighted by molar-refractivity contribution is 1.19. The average Bonchev–Trinajstić information content (AvgIpc) is 2.32. The van der Waals surface area contributed by atoms with Crippen molar-refractivity contribution in [3.8, 4) is 0 Å². The monoisotopic (exact) mass is 326 g/mol. The van der Waals surface area contributed by atoms with Crippen LogP contribution in [0.4, 0.5) is 0 Å². The number of hydrogen-bond acceptors (Lipinski definition) is 0. The Balaban J connectivity index is 1.97. The average molecular weight is 326 g/mol. The van der Waals surface area contributed by atoms with Crippen LogP contribution >= 0.6 is 16.8 Å². The van der Waals surface area contributed by atoms with Gasteiger partial charge in [0.25, 0.3) is 0 Å². The van der Waals surface area contributed by atoms with E-state index in [-0.39, 0.29) is 0 Å². The minimum atomic E-state index is 0.718. The lowest BCUT2D eigenvalue weighted by Gasteiger charge is -2.30. The van der Waals surface area contributed by atoms with E-state index in [0.29, 0.717) is 0 Å². The standard InChI is InChI=1S/C20H24P2/c1-11-7-13(3)17(14(4)8-11)19-21-20(22-19)18-15(5)9-12(2)10-16(18)6/h7-10,19,21H,1-6H3. The fourth-order valence-electron chi connectivity index (χ4n) is 3.71. The zero-order chi connectivity index (χ0) is 16.0. The molecule has 1 aliphatic rings. The van der Waals surface area contributed by atoms with Crippen molar-refractivity contribution in [2.45, 2.75) is 46.9 Å². The maximum absolute atomic E-state index is 2.34. The van der Waals surface area contributed by atoms with E-state index < -0.39 is 0 Å². The maximum Gasteiger partial charge on any atom is 0.0486 e. The molecule has 0 spiro atoms. The van der Waals surface area contributed by atoms with E-state index >= 15 is 0 Å². The first-order valence-corrected chi connectivity index (χ1v) is 9.91. The highest BCUT2D eigenvalue weighted by atomic mass is 31.2. The Hall–Kier alpha value is -0.960. The van der Waals surface area contributed by atoms with Gasteiger partial charge in [0, 0.05) is 10.4 Å². The zero-order valence-corrected chi connectivity index (χ0v) is 16.2. The number of aryl methyl sites for hydroxylation is 6. The van der Waals surface area contributed by atoms with Gasteiger partial charge in [0.1, 0.15) is 0 Å². The molecular formula is C20H24P2. The van der Waals surface area contributed by atoms with E-state index in [9.17, 15) is 0 Å². The quantitative estimate of drug-likeness (QED) is 0.564. The molecule has 22 heavy (non-hydrogen) atoms. The van der Waals surface area contributed by atoms with Crippen molar-refractivity contribution in [3.63, 3.8) is 0 Å². The molecule has 0 nitrogen and oxygen atoms in total. The lowest BCUT2D eigenvalue weighted by Crippen LogP contribution is -2.09. The third-order valence-electron chi connectivity index (χ3n) is 4.46. The van der Waals surface area contributed by atoms with Gasteiger partial charge in [0.05, 0.1) is 0 Å². The first-order chi connectivity index (χ1) is 10.4.